The SMILES string of the molecule is CN(C)S(=O)(=O)N(CC(=O)N[C@@H]1C[C@H]2CC[C@H]1C2)c1ccccc1. The maximum atomic E-state index is 12.6. The zero-order valence-electron chi connectivity index (χ0n) is 14.2. The molecule has 1 aromatic carbocycles. The molecule has 0 aliphatic heterocycles. The number of fused-ring (bicyclic) bond motifs is 2. The fourth-order valence-corrected chi connectivity index (χ4v) is 4.96. The molecule has 0 heterocycles. The lowest BCUT2D eigenvalue weighted by Crippen LogP contribution is -2.48. The van der Waals surface area contributed by atoms with Crippen LogP contribution in [0.25, 0.3) is 0 Å². The molecule has 1 N–H and O–H groups in total. The van der Waals surface area contributed by atoms with Crippen LogP contribution >= 0.6 is 0 Å². The number of carbonyl (C=O) groups is 1. The lowest BCUT2D eigenvalue weighted by atomic mass is 9.95. The van der Waals surface area contributed by atoms with Crippen molar-refractivity contribution in [1.82, 2.24) is 9.62 Å². The second-order valence-electron chi connectivity index (χ2n) is 6.98. The highest BCUT2D eigenvalue weighted by atomic mass is 32.2. The lowest BCUT2D eigenvalue weighted by molar-refractivity contribution is -0.120. The number of anilines is 1. The van der Waals surface area contributed by atoms with E-state index in [0.29, 0.717) is 11.6 Å². The summed E-state index contributed by atoms with van der Waals surface area (Å²) in [5.41, 5.74) is 0.495. The van der Waals surface area contributed by atoms with Crippen molar-refractivity contribution in [3.05, 3.63) is 30.3 Å². The molecule has 1 amide bonds. The molecule has 1 aromatic rings. The fraction of sp³-hybridized carbons (Fsp3) is 0.588. The van der Waals surface area contributed by atoms with Gasteiger partial charge in [0.05, 0.1) is 5.69 Å². The first-order valence-electron chi connectivity index (χ1n) is 8.42. The zero-order chi connectivity index (χ0) is 17.3. The third kappa shape index (κ3) is 3.42. The molecular weight excluding hydrogens is 326 g/mol. The summed E-state index contributed by atoms with van der Waals surface area (Å²) in [5.74, 6) is 1.06. The number of amides is 1. The van der Waals surface area contributed by atoms with Crippen LogP contribution < -0.4 is 9.62 Å². The van der Waals surface area contributed by atoms with Crippen molar-refractivity contribution in [3.63, 3.8) is 0 Å². The molecule has 0 radical (unpaired) electrons. The first-order valence-corrected chi connectivity index (χ1v) is 9.82. The average Bonchev–Trinajstić information content (AvgIpc) is 3.16. The van der Waals surface area contributed by atoms with Crippen LogP contribution in [0.5, 0.6) is 0 Å². The quantitative estimate of drug-likeness (QED) is 0.846. The average molecular weight is 351 g/mol. The molecule has 0 spiro atoms. The second-order valence-corrected chi connectivity index (χ2v) is 9.05. The number of hydrogen-bond acceptors (Lipinski definition) is 3. The van der Waals surface area contributed by atoms with Crippen molar-refractivity contribution in [1.29, 1.82) is 0 Å². The highest BCUT2D eigenvalue weighted by Crippen LogP contribution is 2.44. The minimum atomic E-state index is -3.73. The van der Waals surface area contributed by atoms with E-state index in [-0.39, 0.29) is 18.5 Å². The maximum Gasteiger partial charge on any atom is 0.304 e. The predicted octanol–water partition coefficient (Wildman–Crippen LogP) is 1.60. The smallest absolute Gasteiger partial charge is 0.304 e. The van der Waals surface area contributed by atoms with E-state index in [4.69, 9.17) is 0 Å². The van der Waals surface area contributed by atoms with Gasteiger partial charge < -0.3 is 5.32 Å². The van der Waals surface area contributed by atoms with Crippen molar-refractivity contribution in [2.45, 2.75) is 31.7 Å². The molecule has 0 aromatic heterocycles. The van der Waals surface area contributed by atoms with Crippen molar-refractivity contribution >= 4 is 21.8 Å². The summed E-state index contributed by atoms with van der Waals surface area (Å²) in [5, 5.41) is 3.06. The predicted molar refractivity (Wildman–Crippen MR) is 93.8 cm³/mol. The Labute approximate surface area is 144 Å². The van der Waals surface area contributed by atoms with Gasteiger partial charge in [0, 0.05) is 20.1 Å². The van der Waals surface area contributed by atoms with E-state index in [1.165, 1.54) is 33.4 Å². The molecule has 2 bridgehead atoms. The summed E-state index contributed by atoms with van der Waals surface area (Å²) >= 11 is 0. The molecule has 3 rings (SSSR count). The summed E-state index contributed by atoms with van der Waals surface area (Å²) < 4.78 is 27.5. The maximum absolute atomic E-state index is 12.6. The van der Waals surface area contributed by atoms with Crippen LogP contribution in [0, 0.1) is 11.8 Å². The number of carbonyl (C=O) groups excluding carboxylic acids is 1. The molecule has 0 saturated heterocycles. The van der Waals surface area contributed by atoms with Crippen LogP contribution in [0.4, 0.5) is 5.69 Å². The Kier molecular flexibility index (Phi) is 4.83. The van der Waals surface area contributed by atoms with E-state index < -0.39 is 10.2 Å². The Balaban J connectivity index is 1.73. The Morgan fingerprint density at radius 3 is 2.42 bits per heavy atom. The number of hydrogen-bond donors (Lipinski definition) is 1. The van der Waals surface area contributed by atoms with E-state index in [9.17, 15) is 13.2 Å². The molecule has 132 valence electrons. The normalized spacial score (nSPS) is 25.9. The van der Waals surface area contributed by atoms with E-state index in [1.54, 1.807) is 24.3 Å². The van der Waals surface area contributed by atoms with Gasteiger partial charge in [-0.1, -0.05) is 24.6 Å². The minimum Gasteiger partial charge on any atom is -0.352 e. The summed E-state index contributed by atoms with van der Waals surface area (Å²) in [6.07, 6.45) is 4.67. The Bertz CT molecular complexity index is 690. The van der Waals surface area contributed by atoms with E-state index in [0.717, 1.165) is 20.9 Å². The molecule has 2 saturated carbocycles. The van der Waals surface area contributed by atoms with Gasteiger partial charge in [-0.25, -0.2) is 4.31 Å². The summed E-state index contributed by atoms with van der Waals surface area (Å²) in [7, 11) is -0.783. The Morgan fingerprint density at radius 1 is 1.17 bits per heavy atom. The molecule has 0 unspecified atom stereocenters. The lowest BCUT2D eigenvalue weighted by Gasteiger charge is -2.28. The van der Waals surface area contributed by atoms with Gasteiger partial charge >= 0.3 is 10.2 Å². The number of rotatable bonds is 6. The van der Waals surface area contributed by atoms with Crippen LogP contribution in [-0.4, -0.2) is 45.3 Å². The van der Waals surface area contributed by atoms with E-state index in [2.05, 4.69) is 5.32 Å². The van der Waals surface area contributed by atoms with Crippen LogP contribution in [0.1, 0.15) is 25.7 Å². The fourth-order valence-electron chi connectivity index (χ4n) is 3.90. The van der Waals surface area contributed by atoms with Crippen LogP contribution in [0.15, 0.2) is 30.3 Å². The summed E-state index contributed by atoms with van der Waals surface area (Å²) in [6.45, 7) is -0.196. The molecule has 2 aliphatic rings. The molecule has 6 nitrogen and oxygen atoms in total. The third-order valence-corrected chi connectivity index (χ3v) is 6.98. The largest absolute Gasteiger partial charge is 0.352 e. The van der Waals surface area contributed by atoms with Crippen LogP contribution in [0.3, 0.4) is 0 Å². The van der Waals surface area contributed by atoms with Crippen molar-refractivity contribution in [3.8, 4) is 0 Å². The highest BCUT2D eigenvalue weighted by Gasteiger charge is 2.40. The second kappa shape index (κ2) is 6.72. The summed E-state index contributed by atoms with van der Waals surface area (Å²) in [4.78, 5) is 12.5. The molecule has 2 fully saturated rings. The van der Waals surface area contributed by atoms with Crippen molar-refractivity contribution < 1.29 is 13.2 Å². The van der Waals surface area contributed by atoms with Crippen molar-refractivity contribution in [2.24, 2.45) is 11.8 Å². The monoisotopic (exact) mass is 351 g/mol. The summed E-state index contributed by atoms with van der Waals surface area (Å²) in [6, 6.07) is 8.95. The molecule has 2 aliphatic carbocycles. The number of benzene rings is 1. The third-order valence-electron chi connectivity index (χ3n) is 5.16. The number of para-hydroxylation sites is 1. The Morgan fingerprint density at radius 2 is 1.88 bits per heavy atom. The first-order chi connectivity index (χ1) is 11.4. The van der Waals surface area contributed by atoms with Crippen LogP contribution in [0.2, 0.25) is 0 Å². The highest BCUT2D eigenvalue weighted by molar-refractivity contribution is 7.90. The van der Waals surface area contributed by atoms with Crippen molar-refractivity contribution in [2.75, 3.05) is 24.9 Å². The van der Waals surface area contributed by atoms with Crippen LogP contribution in [-0.2, 0) is 15.0 Å². The van der Waals surface area contributed by atoms with E-state index >= 15 is 0 Å². The van der Waals surface area contributed by atoms with Gasteiger partial charge in [0.15, 0.2) is 0 Å². The topological polar surface area (TPSA) is 69.7 Å². The number of nitrogens with zero attached hydrogens (tertiary/aromatic N) is 2. The van der Waals surface area contributed by atoms with Gasteiger partial charge in [-0.2, -0.15) is 12.7 Å². The van der Waals surface area contributed by atoms with Gasteiger partial charge in [-0.05, 0) is 43.2 Å². The van der Waals surface area contributed by atoms with Gasteiger partial charge in [0.25, 0.3) is 0 Å². The molecule has 3 atom stereocenters. The van der Waals surface area contributed by atoms with Gasteiger partial charge in [-0.15, -0.1) is 0 Å². The molecular formula is C17H25N3O3S. The minimum absolute atomic E-state index is 0.196. The number of nitrogens with one attached hydrogen (secondary N) is 1. The van der Waals surface area contributed by atoms with E-state index in [1.807, 2.05) is 6.07 Å². The van der Waals surface area contributed by atoms with Gasteiger partial charge in [0.2, 0.25) is 5.91 Å². The Hall–Kier alpha value is -1.60. The molecule has 24 heavy (non-hydrogen) atoms. The first kappa shape index (κ1) is 17.2. The standard InChI is InChI=1S/C17H25N3O3S/c1-19(2)24(22,23)20(15-6-4-3-5-7-15)12-17(21)18-16-11-13-8-9-14(16)10-13/h3-7,13-14,16H,8-12H2,1-2H3,(H,18,21)/t13-,14-,16+/m0/s1. The zero-order valence-corrected chi connectivity index (χ0v) is 15.0. The van der Waals surface area contributed by atoms with Gasteiger partial charge in [-0.3, -0.25) is 4.79 Å². The molecule has 7 heteroatoms. The van der Waals surface area contributed by atoms with Gasteiger partial charge in [0.1, 0.15) is 6.54 Å².